The first-order chi connectivity index (χ1) is 14.9. The molecule has 2 aromatic carbocycles. The summed E-state index contributed by atoms with van der Waals surface area (Å²) < 4.78 is 19.8. The smallest absolute Gasteiger partial charge is 0.228 e. The van der Waals surface area contributed by atoms with E-state index >= 15 is 0 Å². The lowest BCUT2D eigenvalue weighted by atomic mass is 9.87. The molecule has 1 N–H and O–H groups in total. The highest BCUT2D eigenvalue weighted by atomic mass is 19.1. The Morgan fingerprint density at radius 3 is 2.65 bits per heavy atom. The van der Waals surface area contributed by atoms with Gasteiger partial charge < -0.3 is 15.0 Å². The molecule has 1 amide bonds. The van der Waals surface area contributed by atoms with Gasteiger partial charge in [0.1, 0.15) is 5.82 Å². The molecule has 1 unspecified atom stereocenters. The van der Waals surface area contributed by atoms with E-state index in [1.54, 1.807) is 19.2 Å². The number of amides is 1. The average Bonchev–Trinajstić information content (AvgIpc) is 2.73. The van der Waals surface area contributed by atoms with Crippen molar-refractivity contribution in [1.82, 2.24) is 15.2 Å². The number of likely N-dealkylation sites (tertiary alicyclic amines) is 1. The number of rotatable bonds is 6. The zero-order valence-electron chi connectivity index (χ0n) is 18.4. The van der Waals surface area contributed by atoms with Crippen LogP contribution in [0, 0.1) is 11.7 Å². The Balaban J connectivity index is 1.67. The number of hydrogen-bond donors (Lipinski definition) is 1. The molecular weight excluding hydrogens is 393 g/mol. The molecule has 0 spiro atoms. The van der Waals surface area contributed by atoms with E-state index in [9.17, 15) is 9.18 Å². The van der Waals surface area contributed by atoms with Crippen molar-refractivity contribution in [2.45, 2.75) is 25.8 Å². The fourth-order valence-electron chi connectivity index (χ4n) is 4.29. The molecule has 31 heavy (non-hydrogen) atoms. The summed E-state index contributed by atoms with van der Waals surface area (Å²) in [5.41, 5.74) is 2.23. The second-order valence-electron chi connectivity index (χ2n) is 8.62. The van der Waals surface area contributed by atoms with Crippen LogP contribution in [-0.4, -0.2) is 49.1 Å². The molecule has 1 fully saturated rings. The van der Waals surface area contributed by atoms with Crippen molar-refractivity contribution in [3.8, 4) is 17.1 Å². The average molecular weight is 422 g/mol. The number of likely N-dealkylation sites (N-methyl/N-ethyl adjacent to an activating group) is 1. The molecule has 0 bridgehead atoms. The quantitative estimate of drug-likeness (QED) is 0.648. The molecule has 4 rings (SSSR count). The van der Waals surface area contributed by atoms with Crippen LogP contribution in [0.25, 0.3) is 22.0 Å². The number of fused-ring (bicyclic) bond motifs is 1. The Morgan fingerprint density at radius 1 is 1.19 bits per heavy atom. The van der Waals surface area contributed by atoms with Crippen LogP contribution in [-0.2, 0) is 4.79 Å². The molecule has 0 aliphatic carbocycles. The number of benzene rings is 2. The maximum Gasteiger partial charge on any atom is 0.228 e. The van der Waals surface area contributed by atoms with Crippen molar-refractivity contribution in [1.29, 1.82) is 0 Å². The number of carbonyl (C=O) groups excluding carboxylic acids is 1. The minimum atomic E-state index is -0.364. The maximum atomic E-state index is 14.2. The van der Waals surface area contributed by atoms with E-state index in [0.717, 1.165) is 29.6 Å². The van der Waals surface area contributed by atoms with Crippen molar-refractivity contribution >= 4 is 16.7 Å². The SMILES string of the molecule is COc1nc(-c2ccc3cccc(F)c3c2)ccc1C(C(=O)NC1CN(C)C1)C(C)C. The van der Waals surface area contributed by atoms with Crippen LogP contribution in [0.2, 0.25) is 0 Å². The Hall–Kier alpha value is -2.99. The second kappa shape index (κ2) is 8.63. The molecule has 1 atom stereocenters. The van der Waals surface area contributed by atoms with E-state index in [1.807, 2.05) is 51.2 Å². The van der Waals surface area contributed by atoms with Gasteiger partial charge in [-0.3, -0.25) is 4.79 Å². The predicted molar refractivity (Wildman–Crippen MR) is 121 cm³/mol. The molecule has 5 nitrogen and oxygen atoms in total. The number of aromatic nitrogens is 1. The summed E-state index contributed by atoms with van der Waals surface area (Å²) in [6, 6.07) is 14.6. The zero-order chi connectivity index (χ0) is 22.1. The summed E-state index contributed by atoms with van der Waals surface area (Å²) >= 11 is 0. The van der Waals surface area contributed by atoms with Crippen molar-refractivity contribution in [3.05, 3.63) is 59.9 Å². The van der Waals surface area contributed by atoms with E-state index in [4.69, 9.17) is 4.74 Å². The van der Waals surface area contributed by atoms with E-state index in [-0.39, 0.29) is 29.6 Å². The Morgan fingerprint density at radius 2 is 1.97 bits per heavy atom. The van der Waals surface area contributed by atoms with Crippen LogP contribution in [0.5, 0.6) is 5.88 Å². The van der Waals surface area contributed by atoms with Gasteiger partial charge in [-0.1, -0.05) is 44.2 Å². The van der Waals surface area contributed by atoms with Gasteiger partial charge in [0.05, 0.1) is 24.8 Å². The van der Waals surface area contributed by atoms with Crippen LogP contribution < -0.4 is 10.1 Å². The Labute approximate surface area is 182 Å². The minimum absolute atomic E-state index is 0.00581. The number of methoxy groups -OCH3 is 1. The summed E-state index contributed by atoms with van der Waals surface area (Å²) in [5.74, 6) is -0.133. The van der Waals surface area contributed by atoms with Gasteiger partial charge in [0.2, 0.25) is 11.8 Å². The fraction of sp³-hybridized carbons (Fsp3) is 0.360. The van der Waals surface area contributed by atoms with Crippen molar-refractivity contribution in [2.75, 3.05) is 27.2 Å². The number of halogens is 1. The molecule has 1 saturated heterocycles. The van der Waals surface area contributed by atoms with Crippen LogP contribution in [0.3, 0.4) is 0 Å². The Kier molecular flexibility index (Phi) is 5.92. The van der Waals surface area contributed by atoms with Gasteiger partial charge in [0, 0.05) is 29.6 Å². The molecule has 162 valence electrons. The van der Waals surface area contributed by atoms with Crippen molar-refractivity contribution < 1.29 is 13.9 Å². The van der Waals surface area contributed by atoms with E-state index in [2.05, 4.69) is 15.2 Å². The first-order valence-electron chi connectivity index (χ1n) is 10.6. The minimum Gasteiger partial charge on any atom is -0.481 e. The lowest BCUT2D eigenvalue weighted by Gasteiger charge is -2.37. The number of ether oxygens (including phenoxy) is 1. The largest absolute Gasteiger partial charge is 0.481 e. The van der Waals surface area contributed by atoms with E-state index in [1.165, 1.54) is 6.07 Å². The highest BCUT2D eigenvalue weighted by Gasteiger charge is 2.32. The van der Waals surface area contributed by atoms with Crippen LogP contribution in [0.1, 0.15) is 25.3 Å². The number of carbonyl (C=O) groups is 1. The van der Waals surface area contributed by atoms with Crippen molar-refractivity contribution in [2.24, 2.45) is 5.92 Å². The molecule has 1 aliphatic rings. The predicted octanol–water partition coefficient (Wildman–Crippen LogP) is 4.22. The molecule has 0 saturated carbocycles. The third-order valence-corrected chi connectivity index (χ3v) is 5.90. The number of pyridine rings is 1. The normalized spacial score (nSPS) is 15.7. The molecule has 1 aromatic heterocycles. The summed E-state index contributed by atoms with van der Waals surface area (Å²) in [6.45, 7) is 5.78. The van der Waals surface area contributed by atoms with Gasteiger partial charge in [0.25, 0.3) is 0 Å². The summed E-state index contributed by atoms with van der Waals surface area (Å²) in [4.78, 5) is 19.9. The van der Waals surface area contributed by atoms with Crippen LogP contribution in [0.4, 0.5) is 4.39 Å². The molecule has 6 heteroatoms. The Bertz CT molecular complexity index is 1110. The first kappa shape index (κ1) is 21.2. The molecule has 2 heterocycles. The third kappa shape index (κ3) is 4.26. The van der Waals surface area contributed by atoms with Gasteiger partial charge in [-0.2, -0.15) is 0 Å². The molecule has 1 aliphatic heterocycles. The zero-order valence-corrected chi connectivity index (χ0v) is 18.4. The van der Waals surface area contributed by atoms with E-state index in [0.29, 0.717) is 17.0 Å². The third-order valence-electron chi connectivity index (χ3n) is 5.90. The number of nitrogens with one attached hydrogen (secondary N) is 1. The second-order valence-corrected chi connectivity index (χ2v) is 8.62. The van der Waals surface area contributed by atoms with Gasteiger partial charge in [-0.15, -0.1) is 0 Å². The van der Waals surface area contributed by atoms with E-state index < -0.39 is 0 Å². The molecule has 0 radical (unpaired) electrons. The summed E-state index contributed by atoms with van der Waals surface area (Å²) in [5, 5.41) is 4.53. The first-order valence-corrected chi connectivity index (χ1v) is 10.6. The lowest BCUT2D eigenvalue weighted by molar-refractivity contribution is -0.125. The van der Waals surface area contributed by atoms with Crippen LogP contribution in [0.15, 0.2) is 48.5 Å². The summed E-state index contributed by atoms with van der Waals surface area (Å²) in [6.07, 6.45) is 0. The topological polar surface area (TPSA) is 54.5 Å². The van der Waals surface area contributed by atoms with Gasteiger partial charge in [-0.05, 0) is 36.6 Å². The standard InChI is InChI=1S/C25H28FN3O2/c1-15(2)23(24(30)27-18-13-29(3)14-18)19-10-11-22(28-25(19)31-4)17-9-8-16-6-5-7-21(26)20(16)12-17/h5-12,15,18,23H,13-14H2,1-4H3,(H,27,30). The molecular formula is C25H28FN3O2. The van der Waals surface area contributed by atoms with Gasteiger partial charge in [0.15, 0.2) is 0 Å². The van der Waals surface area contributed by atoms with Crippen molar-refractivity contribution in [3.63, 3.8) is 0 Å². The fourth-order valence-corrected chi connectivity index (χ4v) is 4.29. The van der Waals surface area contributed by atoms with Gasteiger partial charge >= 0.3 is 0 Å². The van der Waals surface area contributed by atoms with Crippen LogP contribution >= 0.6 is 0 Å². The number of nitrogens with zero attached hydrogens (tertiary/aromatic N) is 2. The maximum absolute atomic E-state index is 14.2. The highest BCUT2D eigenvalue weighted by Crippen LogP contribution is 2.34. The lowest BCUT2D eigenvalue weighted by Crippen LogP contribution is -2.58. The number of hydrogen-bond acceptors (Lipinski definition) is 4. The highest BCUT2D eigenvalue weighted by molar-refractivity contribution is 5.88. The molecule has 3 aromatic rings. The monoisotopic (exact) mass is 421 g/mol. The van der Waals surface area contributed by atoms with Gasteiger partial charge in [-0.25, -0.2) is 9.37 Å². The summed E-state index contributed by atoms with van der Waals surface area (Å²) in [7, 11) is 3.60.